The van der Waals surface area contributed by atoms with Gasteiger partial charge in [0, 0.05) is 0 Å². The minimum atomic E-state index is -0.224. The van der Waals surface area contributed by atoms with Gasteiger partial charge in [0.1, 0.15) is 17.1 Å². The first-order valence-corrected chi connectivity index (χ1v) is 3.87. The van der Waals surface area contributed by atoms with Gasteiger partial charge in [-0.05, 0) is 19.1 Å². The topological polar surface area (TPSA) is 66.0 Å². The highest BCUT2D eigenvalue weighted by atomic mass is 35.5. The third kappa shape index (κ3) is 1.56. The monoisotopic (exact) mass is 212 g/mol. The normalized spacial score (nSPS) is 9.79. The highest BCUT2D eigenvalue weighted by Gasteiger charge is 2.04. The fourth-order valence-electron chi connectivity index (χ4n) is 1.26. The number of para-hydroxylation sites is 1. The molecule has 0 amide bonds. The van der Waals surface area contributed by atoms with Crippen molar-refractivity contribution in [3.05, 3.63) is 34.4 Å². The van der Waals surface area contributed by atoms with Crippen LogP contribution in [0.25, 0.3) is 10.9 Å². The van der Waals surface area contributed by atoms with E-state index in [4.69, 9.17) is 0 Å². The number of H-pyrrole nitrogens is 1. The number of benzene rings is 1. The molecule has 14 heavy (non-hydrogen) atoms. The smallest absolute Gasteiger partial charge is 0.258 e. The number of phenolic OH excluding ortho intramolecular Hbond substituents is 1. The summed E-state index contributed by atoms with van der Waals surface area (Å²) in [5.74, 6) is 0.533. The standard InChI is InChI=1S/C9H8N2O2.ClH/c1-5-10-8-6(9(13)11-5)3-2-4-7(8)12;/h2-4,12H,1H3,(H,10,11,13);1H. The fourth-order valence-corrected chi connectivity index (χ4v) is 1.26. The molecule has 0 spiro atoms. The average molecular weight is 213 g/mol. The number of aromatic amines is 1. The summed E-state index contributed by atoms with van der Waals surface area (Å²) in [4.78, 5) is 17.9. The van der Waals surface area contributed by atoms with Gasteiger partial charge in [0.2, 0.25) is 0 Å². The minimum absolute atomic E-state index is 0. The summed E-state index contributed by atoms with van der Waals surface area (Å²) in [6.45, 7) is 1.67. The van der Waals surface area contributed by atoms with E-state index in [1.54, 1.807) is 19.1 Å². The number of phenols is 1. The molecule has 0 aliphatic heterocycles. The third-order valence-corrected chi connectivity index (χ3v) is 1.83. The predicted molar refractivity (Wildman–Crippen MR) is 56.0 cm³/mol. The van der Waals surface area contributed by atoms with Gasteiger partial charge in [-0.3, -0.25) is 4.79 Å². The molecular formula is C9H9ClN2O2. The Balaban J connectivity index is 0.000000980. The van der Waals surface area contributed by atoms with E-state index in [1.165, 1.54) is 6.07 Å². The lowest BCUT2D eigenvalue weighted by Gasteiger charge is -1.99. The zero-order chi connectivity index (χ0) is 9.42. The van der Waals surface area contributed by atoms with Crippen LogP contribution in [0.5, 0.6) is 5.75 Å². The van der Waals surface area contributed by atoms with Gasteiger partial charge in [0.25, 0.3) is 5.56 Å². The fraction of sp³-hybridized carbons (Fsp3) is 0.111. The second kappa shape index (κ2) is 3.67. The van der Waals surface area contributed by atoms with Crippen LogP contribution in [-0.2, 0) is 0 Å². The van der Waals surface area contributed by atoms with E-state index in [0.29, 0.717) is 16.7 Å². The van der Waals surface area contributed by atoms with Crippen LogP contribution in [0.4, 0.5) is 0 Å². The molecule has 5 heteroatoms. The number of aryl methyl sites for hydroxylation is 1. The largest absolute Gasteiger partial charge is 0.506 e. The molecule has 0 aliphatic rings. The molecule has 1 aromatic heterocycles. The first-order valence-electron chi connectivity index (χ1n) is 3.87. The van der Waals surface area contributed by atoms with Crippen LogP contribution in [-0.4, -0.2) is 15.1 Å². The number of fused-ring (bicyclic) bond motifs is 1. The summed E-state index contributed by atoms with van der Waals surface area (Å²) >= 11 is 0. The van der Waals surface area contributed by atoms with Crippen molar-refractivity contribution in [3.8, 4) is 5.75 Å². The molecule has 2 aromatic rings. The van der Waals surface area contributed by atoms with Crippen molar-refractivity contribution in [2.75, 3.05) is 0 Å². The molecule has 2 rings (SSSR count). The Morgan fingerprint density at radius 3 is 2.86 bits per heavy atom. The van der Waals surface area contributed by atoms with Crippen molar-refractivity contribution in [3.63, 3.8) is 0 Å². The highest BCUT2D eigenvalue weighted by molar-refractivity contribution is 5.85. The Labute approximate surface area is 86.0 Å². The van der Waals surface area contributed by atoms with E-state index in [9.17, 15) is 9.90 Å². The summed E-state index contributed by atoms with van der Waals surface area (Å²) < 4.78 is 0. The lowest BCUT2D eigenvalue weighted by atomic mass is 10.2. The van der Waals surface area contributed by atoms with E-state index in [2.05, 4.69) is 9.97 Å². The molecule has 4 nitrogen and oxygen atoms in total. The highest BCUT2D eigenvalue weighted by Crippen LogP contribution is 2.18. The Morgan fingerprint density at radius 1 is 1.43 bits per heavy atom. The number of aromatic nitrogens is 2. The molecule has 2 N–H and O–H groups in total. The van der Waals surface area contributed by atoms with Crippen molar-refractivity contribution in [1.82, 2.24) is 9.97 Å². The maximum Gasteiger partial charge on any atom is 0.258 e. The zero-order valence-corrected chi connectivity index (χ0v) is 8.26. The van der Waals surface area contributed by atoms with Gasteiger partial charge < -0.3 is 10.1 Å². The van der Waals surface area contributed by atoms with E-state index < -0.39 is 0 Å². The van der Waals surface area contributed by atoms with E-state index in [1.807, 2.05) is 0 Å². The molecule has 0 unspecified atom stereocenters. The summed E-state index contributed by atoms with van der Waals surface area (Å²) in [5.41, 5.74) is 0.127. The first kappa shape index (κ1) is 10.5. The summed E-state index contributed by atoms with van der Waals surface area (Å²) in [7, 11) is 0. The van der Waals surface area contributed by atoms with Crippen LogP contribution < -0.4 is 5.56 Å². The predicted octanol–water partition coefficient (Wildman–Crippen LogP) is 1.36. The molecule has 74 valence electrons. The summed E-state index contributed by atoms with van der Waals surface area (Å²) in [6.07, 6.45) is 0. The second-order valence-electron chi connectivity index (χ2n) is 2.82. The van der Waals surface area contributed by atoms with Crippen molar-refractivity contribution < 1.29 is 5.11 Å². The lowest BCUT2D eigenvalue weighted by Crippen LogP contribution is -2.09. The number of halogens is 1. The SMILES string of the molecule is Cc1nc2c(O)cccc2c(=O)[nH]1.Cl. The number of hydrogen-bond donors (Lipinski definition) is 2. The van der Waals surface area contributed by atoms with Crippen molar-refractivity contribution in [2.24, 2.45) is 0 Å². The third-order valence-electron chi connectivity index (χ3n) is 1.83. The number of nitrogens with one attached hydrogen (secondary N) is 1. The van der Waals surface area contributed by atoms with Gasteiger partial charge in [0.05, 0.1) is 5.39 Å². The molecule has 0 fully saturated rings. The quantitative estimate of drug-likeness (QED) is 0.693. The number of aromatic hydroxyl groups is 1. The van der Waals surface area contributed by atoms with Gasteiger partial charge in [0.15, 0.2) is 0 Å². The second-order valence-corrected chi connectivity index (χ2v) is 2.82. The van der Waals surface area contributed by atoms with Gasteiger partial charge in [-0.25, -0.2) is 4.98 Å². The first-order chi connectivity index (χ1) is 6.18. The molecule has 0 saturated carbocycles. The van der Waals surface area contributed by atoms with Crippen molar-refractivity contribution in [1.29, 1.82) is 0 Å². The van der Waals surface area contributed by atoms with Crippen LogP contribution in [0.2, 0.25) is 0 Å². The Kier molecular flexibility index (Phi) is 2.76. The summed E-state index contributed by atoms with van der Waals surface area (Å²) in [6, 6.07) is 4.75. The maximum absolute atomic E-state index is 11.3. The molecule has 0 radical (unpaired) electrons. The van der Waals surface area contributed by atoms with Crippen LogP contribution in [0.15, 0.2) is 23.0 Å². The van der Waals surface area contributed by atoms with Crippen LogP contribution in [0.3, 0.4) is 0 Å². The van der Waals surface area contributed by atoms with Gasteiger partial charge in [-0.2, -0.15) is 0 Å². The molecule has 1 aromatic carbocycles. The molecule has 1 heterocycles. The average Bonchev–Trinajstić information content (AvgIpc) is 2.07. The van der Waals surface area contributed by atoms with E-state index in [0.717, 1.165) is 0 Å². The maximum atomic E-state index is 11.3. The lowest BCUT2D eigenvalue weighted by molar-refractivity contribution is 0.480. The van der Waals surface area contributed by atoms with Gasteiger partial charge >= 0.3 is 0 Å². The van der Waals surface area contributed by atoms with Crippen LogP contribution in [0.1, 0.15) is 5.82 Å². The van der Waals surface area contributed by atoms with E-state index in [-0.39, 0.29) is 23.7 Å². The van der Waals surface area contributed by atoms with Crippen LogP contribution in [0, 0.1) is 6.92 Å². The summed E-state index contributed by atoms with van der Waals surface area (Å²) in [5, 5.41) is 9.81. The van der Waals surface area contributed by atoms with Gasteiger partial charge in [-0.1, -0.05) is 6.07 Å². The number of rotatable bonds is 0. The van der Waals surface area contributed by atoms with Crippen molar-refractivity contribution >= 4 is 23.3 Å². The van der Waals surface area contributed by atoms with Crippen LogP contribution >= 0.6 is 12.4 Å². The number of nitrogens with zero attached hydrogens (tertiary/aromatic N) is 1. The van der Waals surface area contributed by atoms with Gasteiger partial charge in [-0.15, -0.1) is 12.4 Å². The number of hydrogen-bond acceptors (Lipinski definition) is 3. The Bertz CT molecular complexity index is 522. The molecule has 0 aliphatic carbocycles. The molecular weight excluding hydrogens is 204 g/mol. The Morgan fingerprint density at radius 2 is 2.14 bits per heavy atom. The molecule has 0 atom stereocenters. The van der Waals surface area contributed by atoms with Crippen molar-refractivity contribution in [2.45, 2.75) is 6.92 Å². The minimum Gasteiger partial charge on any atom is -0.506 e. The Hall–Kier alpha value is -1.55. The zero-order valence-electron chi connectivity index (χ0n) is 7.44. The molecule has 0 bridgehead atoms. The molecule has 0 saturated heterocycles. The van der Waals surface area contributed by atoms with E-state index >= 15 is 0 Å².